The fourth-order valence-electron chi connectivity index (χ4n) is 6.86. The number of alkyl halides is 3. The SMILES string of the molecule is COCCC1(NCc2cc3c(c(C(F)(F)F)c2)CN(c2cccc([C@]4(c5nncn5C)C[C@H](OC)C4)c2)C3=O)CCC1. The number of methoxy groups -OCH3 is 2. The fraction of sp³-hybridized carbons (Fsp3) is 0.516. The second-order valence-corrected chi connectivity index (χ2v) is 12.0. The minimum atomic E-state index is -4.58. The molecule has 2 heterocycles. The minimum absolute atomic E-state index is 0.0190. The van der Waals surface area contributed by atoms with Gasteiger partial charge >= 0.3 is 6.18 Å². The third-order valence-corrected chi connectivity index (χ3v) is 9.51. The van der Waals surface area contributed by atoms with Gasteiger partial charge < -0.3 is 24.3 Å². The van der Waals surface area contributed by atoms with Crippen molar-refractivity contribution >= 4 is 11.6 Å². The second kappa shape index (κ2) is 10.8. The third-order valence-electron chi connectivity index (χ3n) is 9.51. The molecule has 1 aromatic heterocycles. The van der Waals surface area contributed by atoms with E-state index in [1.807, 2.05) is 29.8 Å². The highest BCUT2D eigenvalue weighted by molar-refractivity contribution is 6.10. The molecule has 0 saturated heterocycles. The molecule has 0 bridgehead atoms. The summed E-state index contributed by atoms with van der Waals surface area (Å²) in [6, 6.07) is 10.3. The van der Waals surface area contributed by atoms with E-state index in [-0.39, 0.29) is 35.9 Å². The van der Waals surface area contributed by atoms with E-state index in [2.05, 4.69) is 15.5 Å². The number of carbonyl (C=O) groups is 1. The van der Waals surface area contributed by atoms with Crippen LogP contribution < -0.4 is 10.2 Å². The summed E-state index contributed by atoms with van der Waals surface area (Å²) in [6.07, 6.45) is 2.28. The lowest BCUT2D eigenvalue weighted by molar-refractivity contribution is -0.138. The number of aryl methyl sites for hydroxylation is 1. The molecule has 3 aromatic rings. The lowest BCUT2D eigenvalue weighted by Gasteiger charge is -2.46. The number of fused-ring (bicyclic) bond motifs is 1. The van der Waals surface area contributed by atoms with E-state index in [0.717, 1.165) is 37.1 Å². The normalized spacial score (nSPS) is 23.0. The molecule has 1 aliphatic heterocycles. The molecule has 1 amide bonds. The van der Waals surface area contributed by atoms with Crippen molar-refractivity contribution < 1.29 is 27.4 Å². The van der Waals surface area contributed by atoms with E-state index in [0.29, 0.717) is 30.7 Å². The van der Waals surface area contributed by atoms with Gasteiger partial charge in [0.05, 0.1) is 23.6 Å². The van der Waals surface area contributed by atoms with Crippen molar-refractivity contribution in [2.24, 2.45) is 7.05 Å². The Morgan fingerprint density at radius 2 is 1.93 bits per heavy atom. The quantitative estimate of drug-likeness (QED) is 0.356. The van der Waals surface area contributed by atoms with Crippen LogP contribution in [-0.4, -0.2) is 53.1 Å². The highest BCUT2D eigenvalue weighted by atomic mass is 19.4. The van der Waals surface area contributed by atoms with Crippen molar-refractivity contribution in [3.8, 4) is 0 Å². The molecule has 42 heavy (non-hydrogen) atoms. The summed E-state index contributed by atoms with van der Waals surface area (Å²) < 4.78 is 55.7. The predicted molar refractivity (Wildman–Crippen MR) is 150 cm³/mol. The summed E-state index contributed by atoms with van der Waals surface area (Å²) in [6.45, 7) is 0.695. The van der Waals surface area contributed by atoms with Crippen LogP contribution in [0, 0.1) is 0 Å². The van der Waals surface area contributed by atoms with Crippen molar-refractivity contribution in [3.05, 3.63) is 76.4 Å². The molecule has 224 valence electrons. The number of hydrogen-bond donors (Lipinski definition) is 1. The van der Waals surface area contributed by atoms with E-state index in [9.17, 15) is 18.0 Å². The van der Waals surface area contributed by atoms with E-state index >= 15 is 0 Å². The summed E-state index contributed by atoms with van der Waals surface area (Å²) in [5.74, 6) is 0.360. The molecule has 2 fully saturated rings. The van der Waals surface area contributed by atoms with E-state index in [4.69, 9.17) is 9.47 Å². The average Bonchev–Trinajstić information content (AvgIpc) is 3.50. The Hall–Kier alpha value is -3.28. The van der Waals surface area contributed by atoms with Crippen LogP contribution in [0.5, 0.6) is 0 Å². The number of halogens is 3. The number of amides is 1. The van der Waals surface area contributed by atoms with Crippen LogP contribution >= 0.6 is 0 Å². The molecule has 1 N–H and O–H groups in total. The van der Waals surface area contributed by atoms with Gasteiger partial charge in [0.15, 0.2) is 0 Å². The molecular weight excluding hydrogens is 547 g/mol. The maximum atomic E-state index is 14.3. The van der Waals surface area contributed by atoms with Gasteiger partial charge in [0.25, 0.3) is 5.91 Å². The Bertz CT molecular complexity index is 1480. The Balaban J connectivity index is 1.31. The van der Waals surface area contributed by atoms with Gasteiger partial charge in [0, 0.05) is 51.2 Å². The summed E-state index contributed by atoms with van der Waals surface area (Å²) in [7, 11) is 5.21. The standard InChI is InChI=1S/C31H36F3N5O3/c1-38-19-36-37-28(38)30(15-23(16-30)42-3)21-6-4-7-22(14-21)39-18-25-24(27(39)40)12-20(13-26(25)31(32,33)34)17-35-29(8-5-9-29)10-11-41-2/h4,6-7,12-14,19,23,35H,5,8-11,15-18H2,1-3H3/t23-,30-. The topological polar surface area (TPSA) is 81.5 Å². The van der Waals surface area contributed by atoms with E-state index in [1.54, 1.807) is 32.7 Å². The highest BCUT2D eigenvalue weighted by Crippen LogP contribution is 2.50. The maximum Gasteiger partial charge on any atom is 0.416 e. The summed E-state index contributed by atoms with van der Waals surface area (Å²) in [4.78, 5) is 15.2. The van der Waals surface area contributed by atoms with Gasteiger partial charge in [-0.1, -0.05) is 12.1 Å². The molecule has 0 spiro atoms. The number of ether oxygens (including phenoxy) is 2. The van der Waals surface area contributed by atoms with Gasteiger partial charge in [-0.25, -0.2) is 0 Å². The van der Waals surface area contributed by atoms with Crippen molar-refractivity contribution in [1.29, 1.82) is 0 Å². The smallest absolute Gasteiger partial charge is 0.385 e. The molecule has 0 unspecified atom stereocenters. The molecule has 2 saturated carbocycles. The van der Waals surface area contributed by atoms with Crippen LogP contribution in [-0.2, 0) is 41.2 Å². The first-order valence-electron chi connectivity index (χ1n) is 14.4. The largest absolute Gasteiger partial charge is 0.416 e. The molecule has 2 aliphatic carbocycles. The molecule has 8 nitrogen and oxygen atoms in total. The summed E-state index contributed by atoms with van der Waals surface area (Å²) >= 11 is 0. The van der Waals surface area contributed by atoms with Crippen LogP contribution in [0.4, 0.5) is 18.9 Å². The number of benzene rings is 2. The van der Waals surface area contributed by atoms with Gasteiger partial charge in [-0.15, -0.1) is 10.2 Å². The zero-order valence-electron chi connectivity index (χ0n) is 24.1. The monoisotopic (exact) mass is 583 g/mol. The van der Waals surface area contributed by atoms with Crippen LogP contribution in [0.1, 0.15) is 77.0 Å². The predicted octanol–water partition coefficient (Wildman–Crippen LogP) is 5.14. The van der Waals surface area contributed by atoms with Crippen LogP contribution in [0.15, 0.2) is 42.7 Å². The third kappa shape index (κ3) is 4.91. The summed E-state index contributed by atoms with van der Waals surface area (Å²) in [5, 5.41) is 11.9. The number of rotatable bonds is 10. The first kappa shape index (κ1) is 28.8. The van der Waals surface area contributed by atoms with E-state index in [1.165, 1.54) is 11.0 Å². The average molecular weight is 584 g/mol. The lowest BCUT2D eigenvalue weighted by atomic mass is 9.62. The molecule has 0 radical (unpaired) electrons. The number of nitrogens with one attached hydrogen (secondary N) is 1. The summed E-state index contributed by atoms with van der Waals surface area (Å²) in [5.41, 5.74) is 0.714. The first-order valence-corrected chi connectivity index (χ1v) is 14.4. The van der Waals surface area contributed by atoms with Crippen molar-refractivity contribution in [1.82, 2.24) is 20.1 Å². The number of hydrogen-bond acceptors (Lipinski definition) is 6. The van der Waals surface area contributed by atoms with Gasteiger partial charge in [-0.05, 0) is 79.5 Å². The molecule has 3 aliphatic rings. The minimum Gasteiger partial charge on any atom is -0.385 e. The molecule has 0 atom stereocenters. The zero-order chi connectivity index (χ0) is 29.7. The highest BCUT2D eigenvalue weighted by Gasteiger charge is 2.50. The van der Waals surface area contributed by atoms with Crippen molar-refractivity contribution in [3.63, 3.8) is 0 Å². The number of aromatic nitrogens is 3. The zero-order valence-corrected chi connectivity index (χ0v) is 24.1. The van der Waals surface area contributed by atoms with Gasteiger partial charge in [0.2, 0.25) is 0 Å². The Morgan fingerprint density at radius 3 is 2.55 bits per heavy atom. The van der Waals surface area contributed by atoms with Crippen LogP contribution in [0.25, 0.3) is 0 Å². The van der Waals surface area contributed by atoms with Gasteiger partial charge in [-0.2, -0.15) is 13.2 Å². The molecule has 11 heteroatoms. The molecule has 2 aromatic carbocycles. The number of carbonyl (C=O) groups excluding carboxylic acids is 1. The Kier molecular flexibility index (Phi) is 7.39. The van der Waals surface area contributed by atoms with Gasteiger partial charge in [0.1, 0.15) is 12.2 Å². The molecular formula is C31H36F3N5O3. The molecule has 6 rings (SSSR count). The Labute approximate surface area is 243 Å². The Morgan fingerprint density at radius 1 is 1.14 bits per heavy atom. The van der Waals surface area contributed by atoms with Crippen LogP contribution in [0.2, 0.25) is 0 Å². The first-order chi connectivity index (χ1) is 20.1. The van der Waals surface area contributed by atoms with E-state index < -0.39 is 23.1 Å². The van der Waals surface area contributed by atoms with Crippen molar-refractivity contribution in [2.75, 3.05) is 25.7 Å². The van der Waals surface area contributed by atoms with Crippen LogP contribution in [0.3, 0.4) is 0 Å². The second-order valence-electron chi connectivity index (χ2n) is 12.0. The maximum absolute atomic E-state index is 14.3. The number of anilines is 1. The van der Waals surface area contributed by atoms with Gasteiger partial charge in [-0.3, -0.25) is 4.79 Å². The van der Waals surface area contributed by atoms with Crippen molar-refractivity contribution in [2.45, 2.75) is 74.8 Å². The number of nitrogens with zero attached hydrogens (tertiary/aromatic N) is 4. The fourth-order valence-corrected chi connectivity index (χ4v) is 6.86. The lowest BCUT2D eigenvalue weighted by Crippen LogP contribution is -2.51.